The number of hydrogen-bond acceptors (Lipinski definition) is 4. The molecule has 0 spiro atoms. The highest BCUT2D eigenvalue weighted by Gasteiger charge is 2.18. The molecular weight excluding hydrogens is 304 g/mol. The molecule has 1 aromatic carbocycles. The van der Waals surface area contributed by atoms with E-state index in [0.29, 0.717) is 4.47 Å². The van der Waals surface area contributed by atoms with Crippen LogP contribution in [-0.2, 0) is 0 Å². The van der Waals surface area contributed by atoms with Gasteiger partial charge in [0, 0.05) is 6.07 Å². The lowest BCUT2D eigenvalue weighted by molar-refractivity contribution is -0.383. The van der Waals surface area contributed by atoms with E-state index in [2.05, 4.69) is 31.4 Å². The molecule has 0 aliphatic rings. The van der Waals surface area contributed by atoms with Gasteiger partial charge < -0.3 is 5.32 Å². The molecule has 0 fully saturated rings. The van der Waals surface area contributed by atoms with Crippen molar-refractivity contribution in [1.82, 2.24) is 10.2 Å². The number of amides is 1. The van der Waals surface area contributed by atoms with Crippen LogP contribution >= 0.6 is 15.9 Å². The van der Waals surface area contributed by atoms with Crippen molar-refractivity contribution >= 4 is 33.2 Å². The molecule has 92 valence electrons. The summed E-state index contributed by atoms with van der Waals surface area (Å²) < 4.78 is 0.485. The van der Waals surface area contributed by atoms with Crippen LogP contribution in [0.5, 0.6) is 0 Å². The summed E-state index contributed by atoms with van der Waals surface area (Å²) in [6.07, 6.45) is 1.42. The third kappa shape index (κ3) is 2.38. The zero-order valence-electron chi connectivity index (χ0n) is 8.88. The highest BCUT2D eigenvalue weighted by Crippen LogP contribution is 2.24. The molecule has 2 rings (SSSR count). The number of halogens is 1. The Morgan fingerprint density at radius 1 is 1.44 bits per heavy atom. The summed E-state index contributed by atoms with van der Waals surface area (Å²) in [6, 6.07) is 5.91. The van der Waals surface area contributed by atoms with Crippen molar-refractivity contribution in [2.24, 2.45) is 0 Å². The van der Waals surface area contributed by atoms with E-state index in [0.717, 1.165) is 0 Å². The number of nitrogens with one attached hydrogen (secondary N) is 2. The maximum Gasteiger partial charge on any atom is 0.292 e. The Bertz CT molecular complexity index is 611. The van der Waals surface area contributed by atoms with E-state index in [1.807, 2.05) is 0 Å². The normalized spacial score (nSPS) is 10.1. The molecule has 0 bridgehead atoms. The number of carbonyl (C=O) groups excluding carboxylic acids is 1. The molecule has 2 N–H and O–H groups in total. The molecule has 0 atom stereocenters. The number of nitro benzene ring substituents is 1. The van der Waals surface area contributed by atoms with E-state index in [4.69, 9.17) is 0 Å². The molecule has 1 amide bonds. The molecule has 0 unspecified atom stereocenters. The van der Waals surface area contributed by atoms with Crippen LogP contribution in [0.15, 0.2) is 34.9 Å². The van der Waals surface area contributed by atoms with Crippen LogP contribution in [0.25, 0.3) is 0 Å². The largest absolute Gasteiger partial charge is 0.315 e. The zero-order chi connectivity index (χ0) is 13.1. The Kier molecular flexibility index (Phi) is 3.38. The lowest BCUT2D eigenvalue weighted by Gasteiger charge is -2.04. The van der Waals surface area contributed by atoms with E-state index in [1.54, 1.807) is 6.07 Å². The van der Waals surface area contributed by atoms with Crippen LogP contribution in [0, 0.1) is 10.1 Å². The summed E-state index contributed by atoms with van der Waals surface area (Å²) in [4.78, 5) is 22.1. The van der Waals surface area contributed by atoms with E-state index >= 15 is 0 Å². The molecule has 1 heterocycles. The smallest absolute Gasteiger partial charge is 0.292 e. The van der Waals surface area contributed by atoms with Gasteiger partial charge in [-0.3, -0.25) is 20.0 Å². The molecule has 7 nitrogen and oxygen atoms in total. The van der Waals surface area contributed by atoms with E-state index in [9.17, 15) is 14.9 Å². The second kappa shape index (κ2) is 4.96. The Hall–Kier alpha value is -2.22. The van der Waals surface area contributed by atoms with E-state index < -0.39 is 10.8 Å². The van der Waals surface area contributed by atoms with Crippen LogP contribution in [0.4, 0.5) is 11.4 Å². The average Bonchev–Trinajstić information content (AvgIpc) is 2.76. The Balaban J connectivity index is 2.28. The van der Waals surface area contributed by atoms with Crippen LogP contribution in [0.3, 0.4) is 0 Å². The standard InChI is InChI=1S/C10H7BrN4O3/c11-6-5-12-14-9(6)10(16)13-7-3-1-2-4-8(7)15(17)18/h1-5H,(H,12,14)(H,13,16). The number of H-pyrrole nitrogens is 1. The van der Waals surface area contributed by atoms with Crippen LogP contribution in [0.2, 0.25) is 0 Å². The summed E-state index contributed by atoms with van der Waals surface area (Å²) >= 11 is 3.14. The summed E-state index contributed by atoms with van der Waals surface area (Å²) in [6.45, 7) is 0. The third-order valence-electron chi connectivity index (χ3n) is 2.17. The van der Waals surface area contributed by atoms with Crippen molar-refractivity contribution in [3.63, 3.8) is 0 Å². The van der Waals surface area contributed by atoms with Gasteiger partial charge in [0.25, 0.3) is 11.6 Å². The first-order valence-electron chi connectivity index (χ1n) is 4.83. The van der Waals surface area contributed by atoms with Crippen molar-refractivity contribution < 1.29 is 9.72 Å². The lowest BCUT2D eigenvalue weighted by atomic mass is 10.2. The van der Waals surface area contributed by atoms with E-state index in [1.165, 1.54) is 24.4 Å². The number of anilines is 1. The third-order valence-corrected chi connectivity index (χ3v) is 2.77. The number of rotatable bonds is 3. The van der Waals surface area contributed by atoms with E-state index in [-0.39, 0.29) is 17.1 Å². The predicted molar refractivity (Wildman–Crippen MR) is 67.3 cm³/mol. The average molecular weight is 311 g/mol. The maximum atomic E-state index is 11.8. The molecule has 2 aromatic rings. The number of hydrogen-bond donors (Lipinski definition) is 2. The van der Waals surface area contributed by atoms with Crippen LogP contribution in [-0.4, -0.2) is 21.0 Å². The van der Waals surface area contributed by atoms with Gasteiger partial charge >= 0.3 is 0 Å². The number of carbonyl (C=O) groups is 1. The predicted octanol–water partition coefficient (Wildman–Crippen LogP) is 2.33. The molecule has 0 saturated heterocycles. The fourth-order valence-corrected chi connectivity index (χ4v) is 1.73. The fourth-order valence-electron chi connectivity index (χ4n) is 1.35. The number of para-hydroxylation sites is 2. The minimum Gasteiger partial charge on any atom is -0.315 e. The molecule has 0 saturated carbocycles. The van der Waals surface area contributed by atoms with Crippen molar-refractivity contribution in [3.05, 3.63) is 50.7 Å². The minimum absolute atomic E-state index is 0.133. The molecule has 8 heteroatoms. The Morgan fingerprint density at radius 3 is 2.78 bits per heavy atom. The second-order valence-electron chi connectivity index (χ2n) is 3.32. The van der Waals surface area contributed by atoms with Crippen LogP contribution in [0.1, 0.15) is 10.5 Å². The number of nitro groups is 1. The second-order valence-corrected chi connectivity index (χ2v) is 4.18. The molecule has 0 aliphatic heterocycles. The minimum atomic E-state index is -0.558. The maximum absolute atomic E-state index is 11.8. The van der Waals surface area contributed by atoms with Gasteiger partial charge in [-0.25, -0.2) is 0 Å². The first kappa shape index (κ1) is 12.2. The van der Waals surface area contributed by atoms with Gasteiger partial charge in [-0.2, -0.15) is 5.10 Å². The molecule has 18 heavy (non-hydrogen) atoms. The Morgan fingerprint density at radius 2 is 2.17 bits per heavy atom. The highest BCUT2D eigenvalue weighted by molar-refractivity contribution is 9.10. The number of benzene rings is 1. The number of nitrogens with zero attached hydrogens (tertiary/aromatic N) is 2. The zero-order valence-corrected chi connectivity index (χ0v) is 10.5. The SMILES string of the molecule is O=C(Nc1ccccc1[N+](=O)[O-])c1[nH]ncc1Br. The monoisotopic (exact) mass is 310 g/mol. The molecule has 1 aromatic heterocycles. The molecular formula is C10H7BrN4O3. The summed E-state index contributed by atoms with van der Waals surface area (Å²) in [5, 5.41) is 19.4. The fraction of sp³-hybridized carbons (Fsp3) is 0. The summed E-state index contributed by atoms with van der Waals surface area (Å²) in [5.74, 6) is -0.506. The Labute approximate surface area is 109 Å². The molecule has 0 aliphatic carbocycles. The van der Waals surface area contributed by atoms with Crippen molar-refractivity contribution in [3.8, 4) is 0 Å². The lowest BCUT2D eigenvalue weighted by Crippen LogP contribution is -2.14. The van der Waals surface area contributed by atoms with Gasteiger partial charge in [0.05, 0.1) is 15.6 Å². The van der Waals surface area contributed by atoms with Gasteiger partial charge in [0.15, 0.2) is 0 Å². The highest BCUT2D eigenvalue weighted by atomic mass is 79.9. The quantitative estimate of drug-likeness (QED) is 0.671. The van der Waals surface area contributed by atoms with Gasteiger partial charge in [-0.05, 0) is 22.0 Å². The van der Waals surface area contributed by atoms with Gasteiger partial charge in [0.1, 0.15) is 11.4 Å². The number of aromatic nitrogens is 2. The summed E-state index contributed by atoms with van der Waals surface area (Å²) in [5.41, 5.74) is 0.170. The van der Waals surface area contributed by atoms with Crippen molar-refractivity contribution in [2.75, 3.05) is 5.32 Å². The van der Waals surface area contributed by atoms with Crippen molar-refractivity contribution in [1.29, 1.82) is 0 Å². The van der Waals surface area contributed by atoms with Gasteiger partial charge in [0.2, 0.25) is 0 Å². The first-order valence-corrected chi connectivity index (χ1v) is 5.62. The van der Waals surface area contributed by atoms with Gasteiger partial charge in [-0.1, -0.05) is 12.1 Å². The summed E-state index contributed by atoms with van der Waals surface area (Å²) in [7, 11) is 0. The van der Waals surface area contributed by atoms with Crippen LogP contribution < -0.4 is 5.32 Å². The van der Waals surface area contributed by atoms with Gasteiger partial charge in [-0.15, -0.1) is 0 Å². The molecule has 0 radical (unpaired) electrons. The topological polar surface area (TPSA) is 101 Å². The number of aromatic amines is 1. The first-order chi connectivity index (χ1) is 8.59. The van der Waals surface area contributed by atoms with Crippen molar-refractivity contribution in [2.45, 2.75) is 0 Å².